The third-order valence-electron chi connectivity index (χ3n) is 3.32. The van der Waals surface area contributed by atoms with Crippen molar-refractivity contribution >= 4 is 11.8 Å². The van der Waals surface area contributed by atoms with Gasteiger partial charge in [-0.05, 0) is 19.8 Å². The Morgan fingerprint density at radius 2 is 2.12 bits per heavy atom. The maximum absolute atomic E-state index is 11.6. The van der Waals surface area contributed by atoms with Crippen molar-refractivity contribution in [3.05, 3.63) is 0 Å². The number of ether oxygens (including phenoxy) is 1. The molecule has 0 bridgehead atoms. The zero-order chi connectivity index (χ0) is 11.7. The molecule has 2 aliphatic rings. The first kappa shape index (κ1) is 11.5. The molecule has 0 aromatic carbocycles. The molecule has 1 unspecified atom stereocenters. The number of nitrogens with one attached hydrogen (secondary N) is 1. The molecule has 2 rings (SSSR count). The molecule has 1 N–H and O–H groups in total. The van der Waals surface area contributed by atoms with Crippen LogP contribution in [0.25, 0.3) is 0 Å². The van der Waals surface area contributed by atoms with E-state index in [0.29, 0.717) is 18.6 Å². The zero-order valence-electron chi connectivity index (χ0n) is 9.73. The number of hydrogen-bond donors (Lipinski definition) is 1. The van der Waals surface area contributed by atoms with E-state index in [-0.39, 0.29) is 17.9 Å². The number of amides is 2. The van der Waals surface area contributed by atoms with Crippen molar-refractivity contribution in [1.82, 2.24) is 10.2 Å². The molecule has 1 aliphatic carbocycles. The molecule has 1 aliphatic heterocycles. The molecule has 1 saturated heterocycles. The van der Waals surface area contributed by atoms with Crippen molar-refractivity contribution in [3.63, 3.8) is 0 Å². The third-order valence-corrected chi connectivity index (χ3v) is 3.32. The number of carbonyl (C=O) groups excluding carboxylic acids is 2. The molecule has 2 amide bonds. The molecular weight excluding hydrogens is 208 g/mol. The first-order valence-corrected chi connectivity index (χ1v) is 5.79. The van der Waals surface area contributed by atoms with Crippen LogP contribution < -0.4 is 5.32 Å². The summed E-state index contributed by atoms with van der Waals surface area (Å²) in [5.41, 5.74) is 0. The van der Waals surface area contributed by atoms with Crippen molar-refractivity contribution in [2.75, 3.05) is 13.7 Å². The fourth-order valence-electron chi connectivity index (χ4n) is 2.24. The molecule has 2 fully saturated rings. The van der Waals surface area contributed by atoms with E-state index < -0.39 is 0 Å². The van der Waals surface area contributed by atoms with Gasteiger partial charge in [0.1, 0.15) is 0 Å². The Kier molecular flexibility index (Phi) is 3.25. The van der Waals surface area contributed by atoms with Crippen molar-refractivity contribution in [3.8, 4) is 0 Å². The predicted molar refractivity (Wildman–Crippen MR) is 57.8 cm³/mol. The lowest BCUT2D eigenvalue weighted by atomic mass is 9.88. The summed E-state index contributed by atoms with van der Waals surface area (Å²) >= 11 is 0. The fourth-order valence-corrected chi connectivity index (χ4v) is 2.24. The molecule has 16 heavy (non-hydrogen) atoms. The topological polar surface area (TPSA) is 58.6 Å². The van der Waals surface area contributed by atoms with E-state index >= 15 is 0 Å². The van der Waals surface area contributed by atoms with Gasteiger partial charge in [0.2, 0.25) is 11.8 Å². The highest BCUT2D eigenvalue weighted by Crippen LogP contribution is 2.25. The number of nitrogens with zero attached hydrogens (tertiary/aromatic N) is 1. The minimum Gasteiger partial charge on any atom is -0.378 e. The van der Waals surface area contributed by atoms with E-state index in [1.54, 1.807) is 0 Å². The second-order valence-corrected chi connectivity index (χ2v) is 4.46. The smallest absolute Gasteiger partial charge is 0.246 e. The van der Waals surface area contributed by atoms with Crippen molar-refractivity contribution in [1.29, 1.82) is 0 Å². The average molecular weight is 226 g/mol. The molecular formula is C11H18N2O3. The molecule has 0 aromatic rings. The summed E-state index contributed by atoms with van der Waals surface area (Å²) in [6, 6.07) is 0.00914. The Morgan fingerprint density at radius 3 is 2.62 bits per heavy atom. The summed E-state index contributed by atoms with van der Waals surface area (Å²) in [5, 5.41) is 3.22. The van der Waals surface area contributed by atoms with E-state index in [0.717, 1.165) is 19.4 Å². The number of likely N-dealkylation sites (N-methyl/N-ethyl adjacent to an activating group) is 1. The van der Waals surface area contributed by atoms with Crippen LogP contribution in [-0.2, 0) is 14.3 Å². The van der Waals surface area contributed by atoms with Crippen LogP contribution in [-0.4, -0.2) is 48.6 Å². The highest BCUT2D eigenvalue weighted by atomic mass is 16.5. The number of imide groups is 1. The van der Waals surface area contributed by atoms with E-state index in [2.05, 4.69) is 5.32 Å². The van der Waals surface area contributed by atoms with Crippen molar-refractivity contribution in [2.24, 2.45) is 0 Å². The Balaban J connectivity index is 1.76. The minimum atomic E-state index is -0.315. The lowest BCUT2D eigenvalue weighted by Gasteiger charge is -2.36. The fraction of sp³-hybridized carbons (Fsp3) is 0.818. The van der Waals surface area contributed by atoms with E-state index in [9.17, 15) is 9.59 Å². The lowest BCUT2D eigenvalue weighted by molar-refractivity contribution is -0.137. The van der Waals surface area contributed by atoms with Gasteiger partial charge in [0.25, 0.3) is 0 Å². The van der Waals surface area contributed by atoms with Gasteiger partial charge in [-0.15, -0.1) is 0 Å². The van der Waals surface area contributed by atoms with E-state index in [4.69, 9.17) is 4.74 Å². The van der Waals surface area contributed by atoms with Gasteiger partial charge < -0.3 is 10.1 Å². The van der Waals surface area contributed by atoms with Crippen LogP contribution >= 0.6 is 0 Å². The molecule has 90 valence electrons. The SMILES string of the molecule is CCOC1CC(NC2CC(=O)N(C)C2=O)C1. The van der Waals surface area contributed by atoms with Crippen LogP contribution in [0.15, 0.2) is 0 Å². The minimum absolute atomic E-state index is 0.0943. The highest BCUT2D eigenvalue weighted by molar-refractivity contribution is 6.05. The van der Waals surface area contributed by atoms with Gasteiger partial charge in [-0.25, -0.2) is 0 Å². The van der Waals surface area contributed by atoms with Gasteiger partial charge in [-0.3, -0.25) is 14.5 Å². The Bertz CT molecular complexity index is 300. The Labute approximate surface area is 95.1 Å². The number of likely N-dealkylation sites (tertiary alicyclic amines) is 1. The molecule has 0 radical (unpaired) electrons. The zero-order valence-corrected chi connectivity index (χ0v) is 9.73. The first-order chi connectivity index (χ1) is 7.61. The summed E-state index contributed by atoms with van der Waals surface area (Å²) in [7, 11) is 1.54. The molecule has 5 nitrogen and oxygen atoms in total. The van der Waals surface area contributed by atoms with Crippen molar-refractivity contribution < 1.29 is 14.3 Å². The molecule has 0 spiro atoms. The summed E-state index contributed by atoms with van der Waals surface area (Å²) in [6.45, 7) is 2.72. The second kappa shape index (κ2) is 4.51. The van der Waals surface area contributed by atoms with E-state index in [1.165, 1.54) is 11.9 Å². The van der Waals surface area contributed by atoms with E-state index in [1.807, 2.05) is 6.92 Å². The monoisotopic (exact) mass is 226 g/mol. The van der Waals surface area contributed by atoms with Gasteiger partial charge in [-0.2, -0.15) is 0 Å². The van der Waals surface area contributed by atoms with Gasteiger partial charge in [-0.1, -0.05) is 0 Å². The quantitative estimate of drug-likeness (QED) is 0.680. The standard InChI is InChI=1S/C11H18N2O3/c1-3-16-8-4-7(5-8)12-9-6-10(14)13(2)11(9)15/h7-9,12H,3-6H2,1-2H3. The normalized spacial score (nSPS) is 34.4. The molecule has 1 atom stereocenters. The van der Waals surface area contributed by atoms with Crippen LogP contribution in [0.4, 0.5) is 0 Å². The number of rotatable bonds is 4. The van der Waals surface area contributed by atoms with Crippen LogP contribution in [0.5, 0.6) is 0 Å². The van der Waals surface area contributed by atoms with Gasteiger partial charge in [0, 0.05) is 19.7 Å². The maximum Gasteiger partial charge on any atom is 0.246 e. The number of hydrogen-bond acceptors (Lipinski definition) is 4. The van der Waals surface area contributed by atoms with Crippen molar-refractivity contribution in [2.45, 2.75) is 44.4 Å². The van der Waals surface area contributed by atoms with Crippen LogP contribution in [0.1, 0.15) is 26.2 Å². The van der Waals surface area contributed by atoms with Crippen LogP contribution in [0.3, 0.4) is 0 Å². The van der Waals surface area contributed by atoms with Crippen LogP contribution in [0, 0.1) is 0 Å². The largest absolute Gasteiger partial charge is 0.378 e. The first-order valence-electron chi connectivity index (χ1n) is 5.79. The average Bonchev–Trinajstić information content (AvgIpc) is 2.43. The Hall–Kier alpha value is -0.940. The summed E-state index contributed by atoms with van der Waals surface area (Å²) < 4.78 is 5.44. The predicted octanol–water partition coefficient (Wildman–Crippen LogP) is -0.0992. The molecule has 1 saturated carbocycles. The summed E-state index contributed by atoms with van der Waals surface area (Å²) in [4.78, 5) is 24.1. The van der Waals surface area contributed by atoms with Crippen LogP contribution in [0.2, 0.25) is 0 Å². The maximum atomic E-state index is 11.6. The molecule has 5 heteroatoms. The lowest BCUT2D eigenvalue weighted by Crippen LogP contribution is -2.51. The summed E-state index contributed by atoms with van der Waals surface area (Å²) in [6.07, 6.45) is 2.50. The number of carbonyl (C=O) groups is 2. The van der Waals surface area contributed by atoms with Gasteiger partial charge >= 0.3 is 0 Å². The molecule has 0 aromatic heterocycles. The van der Waals surface area contributed by atoms with Gasteiger partial charge in [0.15, 0.2) is 0 Å². The third kappa shape index (κ3) is 2.10. The summed E-state index contributed by atoms with van der Waals surface area (Å²) in [5.74, 6) is -0.201. The highest BCUT2D eigenvalue weighted by Gasteiger charge is 2.39. The molecule has 1 heterocycles. The van der Waals surface area contributed by atoms with Gasteiger partial charge in [0.05, 0.1) is 18.6 Å². The second-order valence-electron chi connectivity index (χ2n) is 4.46. The Morgan fingerprint density at radius 1 is 1.44 bits per heavy atom.